The minimum Gasteiger partial charge on any atom is -0.330 e. The van der Waals surface area contributed by atoms with E-state index in [2.05, 4.69) is 59.9 Å². The average molecular weight is 375 g/mol. The molecule has 4 heteroatoms. The summed E-state index contributed by atoms with van der Waals surface area (Å²) in [4.78, 5) is 0. The SMILES string of the molecule is Cl.Cl.NCCCCNCc1ccc2ccc3cccc4ccc1c2c34. The van der Waals surface area contributed by atoms with E-state index in [1.54, 1.807) is 0 Å². The number of nitrogens with one attached hydrogen (secondary N) is 1. The van der Waals surface area contributed by atoms with E-state index in [4.69, 9.17) is 5.73 Å². The van der Waals surface area contributed by atoms with Gasteiger partial charge < -0.3 is 11.1 Å². The standard InChI is InChI=1S/C21H22N2.2ClH/c22-12-1-2-13-23-14-18-9-8-17-7-6-15-4-3-5-16-10-11-19(18)21(17)20(15)16;;/h3-11,23H,1-2,12-14,22H2;2*1H. The van der Waals surface area contributed by atoms with Gasteiger partial charge in [-0.2, -0.15) is 0 Å². The fourth-order valence-electron chi connectivity index (χ4n) is 3.57. The molecule has 4 aromatic rings. The van der Waals surface area contributed by atoms with Crippen LogP contribution in [0.15, 0.2) is 54.6 Å². The Balaban J connectivity index is 0.00000113. The first-order valence-electron chi connectivity index (χ1n) is 8.44. The zero-order chi connectivity index (χ0) is 15.6. The average Bonchev–Trinajstić information content (AvgIpc) is 2.60. The maximum Gasteiger partial charge on any atom is 0.0211 e. The van der Waals surface area contributed by atoms with Crippen molar-refractivity contribution in [1.82, 2.24) is 5.32 Å². The molecule has 0 saturated heterocycles. The van der Waals surface area contributed by atoms with Crippen LogP contribution in [0.3, 0.4) is 0 Å². The Hall–Kier alpha value is -1.58. The van der Waals surface area contributed by atoms with Crippen molar-refractivity contribution in [2.45, 2.75) is 19.4 Å². The lowest BCUT2D eigenvalue weighted by molar-refractivity contribution is 0.629. The predicted molar refractivity (Wildman–Crippen MR) is 115 cm³/mol. The molecule has 0 spiro atoms. The molecule has 0 aromatic heterocycles. The smallest absolute Gasteiger partial charge is 0.0211 e. The summed E-state index contributed by atoms with van der Waals surface area (Å²) < 4.78 is 0. The monoisotopic (exact) mass is 374 g/mol. The van der Waals surface area contributed by atoms with Gasteiger partial charge in [-0.15, -0.1) is 24.8 Å². The third-order valence-electron chi connectivity index (χ3n) is 4.74. The molecule has 0 bridgehead atoms. The molecule has 0 fully saturated rings. The summed E-state index contributed by atoms with van der Waals surface area (Å²) in [7, 11) is 0. The van der Waals surface area contributed by atoms with Crippen LogP contribution in [0, 0.1) is 0 Å². The van der Waals surface area contributed by atoms with Gasteiger partial charge in [0.25, 0.3) is 0 Å². The van der Waals surface area contributed by atoms with Crippen molar-refractivity contribution in [3.63, 3.8) is 0 Å². The second-order valence-electron chi connectivity index (χ2n) is 6.25. The molecular weight excluding hydrogens is 351 g/mol. The lowest BCUT2D eigenvalue weighted by Crippen LogP contribution is -2.16. The Kier molecular flexibility index (Phi) is 6.86. The zero-order valence-electron chi connectivity index (χ0n) is 14.1. The van der Waals surface area contributed by atoms with Crippen molar-refractivity contribution in [3.05, 3.63) is 60.2 Å². The van der Waals surface area contributed by atoms with Gasteiger partial charge in [0.2, 0.25) is 0 Å². The topological polar surface area (TPSA) is 38.0 Å². The summed E-state index contributed by atoms with van der Waals surface area (Å²) in [5.41, 5.74) is 6.93. The third kappa shape index (κ3) is 3.68. The minimum atomic E-state index is 0. The molecule has 4 aromatic carbocycles. The van der Waals surface area contributed by atoms with E-state index in [1.165, 1.54) is 37.9 Å². The highest BCUT2D eigenvalue weighted by Crippen LogP contribution is 2.35. The fraction of sp³-hybridized carbons (Fsp3) is 0.238. The van der Waals surface area contributed by atoms with E-state index < -0.39 is 0 Å². The van der Waals surface area contributed by atoms with Gasteiger partial charge in [0.05, 0.1) is 0 Å². The van der Waals surface area contributed by atoms with Crippen LogP contribution in [-0.2, 0) is 6.54 Å². The number of nitrogens with two attached hydrogens (primary N) is 1. The number of rotatable bonds is 6. The fourth-order valence-corrected chi connectivity index (χ4v) is 3.57. The van der Waals surface area contributed by atoms with Gasteiger partial charge >= 0.3 is 0 Å². The van der Waals surface area contributed by atoms with Crippen LogP contribution in [0.25, 0.3) is 32.3 Å². The van der Waals surface area contributed by atoms with E-state index in [9.17, 15) is 0 Å². The normalized spacial score (nSPS) is 10.9. The first kappa shape index (κ1) is 19.7. The molecule has 0 unspecified atom stereocenters. The van der Waals surface area contributed by atoms with E-state index in [1.807, 2.05) is 0 Å². The molecule has 0 amide bonds. The zero-order valence-corrected chi connectivity index (χ0v) is 15.8. The maximum absolute atomic E-state index is 5.55. The van der Waals surface area contributed by atoms with Crippen LogP contribution >= 0.6 is 24.8 Å². The molecular formula is C21H24Cl2N2. The molecule has 132 valence electrons. The summed E-state index contributed by atoms with van der Waals surface area (Å²) in [5.74, 6) is 0. The Morgan fingerprint density at radius 2 is 1.36 bits per heavy atom. The predicted octanol–water partition coefficient (Wildman–Crippen LogP) is 5.26. The first-order chi connectivity index (χ1) is 11.4. The van der Waals surface area contributed by atoms with Gasteiger partial charge in [0.15, 0.2) is 0 Å². The van der Waals surface area contributed by atoms with Gasteiger partial charge in [-0.25, -0.2) is 0 Å². The van der Waals surface area contributed by atoms with Crippen molar-refractivity contribution in [1.29, 1.82) is 0 Å². The van der Waals surface area contributed by atoms with Gasteiger partial charge in [0, 0.05) is 6.54 Å². The second-order valence-corrected chi connectivity index (χ2v) is 6.25. The second kappa shape index (κ2) is 8.68. The van der Waals surface area contributed by atoms with Gasteiger partial charge in [-0.05, 0) is 63.8 Å². The van der Waals surface area contributed by atoms with E-state index in [0.717, 1.165) is 32.5 Å². The quantitative estimate of drug-likeness (QED) is 0.357. The lowest BCUT2D eigenvalue weighted by Gasteiger charge is -2.14. The number of hydrogen-bond acceptors (Lipinski definition) is 2. The highest BCUT2D eigenvalue weighted by atomic mass is 35.5. The van der Waals surface area contributed by atoms with Crippen LogP contribution in [0.2, 0.25) is 0 Å². The van der Waals surface area contributed by atoms with Crippen LogP contribution in [-0.4, -0.2) is 13.1 Å². The maximum atomic E-state index is 5.55. The summed E-state index contributed by atoms with van der Waals surface area (Å²) in [6.45, 7) is 2.72. The van der Waals surface area contributed by atoms with Crippen molar-refractivity contribution < 1.29 is 0 Å². The van der Waals surface area contributed by atoms with Crippen LogP contribution in [0.5, 0.6) is 0 Å². The molecule has 0 heterocycles. The highest BCUT2D eigenvalue weighted by molar-refractivity contribution is 6.23. The number of halogens is 2. The molecule has 0 atom stereocenters. The summed E-state index contributed by atoms with van der Waals surface area (Å²) in [6, 6.07) is 20.1. The van der Waals surface area contributed by atoms with Gasteiger partial charge in [0.1, 0.15) is 0 Å². The minimum absolute atomic E-state index is 0. The van der Waals surface area contributed by atoms with E-state index in [0.29, 0.717) is 0 Å². The molecule has 3 N–H and O–H groups in total. The molecule has 0 aliphatic carbocycles. The third-order valence-corrected chi connectivity index (χ3v) is 4.74. The van der Waals surface area contributed by atoms with Crippen molar-refractivity contribution in [3.8, 4) is 0 Å². The first-order valence-corrected chi connectivity index (χ1v) is 8.44. The lowest BCUT2D eigenvalue weighted by atomic mass is 9.92. The molecule has 25 heavy (non-hydrogen) atoms. The number of unbranched alkanes of at least 4 members (excludes halogenated alkanes) is 1. The van der Waals surface area contributed by atoms with Crippen molar-refractivity contribution in [2.75, 3.05) is 13.1 Å². The molecule has 2 nitrogen and oxygen atoms in total. The van der Waals surface area contributed by atoms with Crippen LogP contribution in [0.4, 0.5) is 0 Å². The van der Waals surface area contributed by atoms with Crippen LogP contribution in [0.1, 0.15) is 18.4 Å². The number of benzene rings is 4. The van der Waals surface area contributed by atoms with E-state index >= 15 is 0 Å². The van der Waals surface area contributed by atoms with Crippen molar-refractivity contribution in [2.24, 2.45) is 5.73 Å². The summed E-state index contributed by atoms with van der Waals surface area (Å²) in [5, 5.41) is 11.7. The van der Waals surface area contributed by atoms with Crippen molar-refractivity contribution >= 4 is 57.1 Å². The largest absolute Gasteiger partial charge is 0.330 e. The molecule has 0 aliphatic rings. The summed E-state index contributed by atoms with van der Waals surface area (Å²) in [6.07, 6.45) is 2.23. The van der Waals surface area contributed by atoms with Gasteiger partial charge in [-0.3, -0.25) is 0 Å². The Morgan fingerprint density at radius 1 is 0.720 bits per heavy atom. The van der Waals surface area contributed by atoms with Gasteiger partial charge in [-0.1, -0.05) is 54.6 Å². The molecule has 4 rings (SSSR count). The Morgan fingerprint density at radius 3 is 2.08 bits per heavy atom. The van der Waals surface area contributed by atoms with E-state index in [-0.39, 0.29) is 24.8 Å². The Labute approximate surface area is 160 Å². The van der Waals surface area contributed by atoms with Crippen LogP contribution < -0.4 is 11.1 Å². The molecule has 0 saturated carbocycles. The number of hydrogen-bond donors (Lipinski definition) is 2. The molecule has 0 radical (unpaired) electrons. The molecule has 0 aliphatic heterocycles. The summed E-state index contributed by atoms with van der Waals surface area (Å²) >= 11 is 0. The highest BCUT2D eigenvalue weighted by Gasteiger charge is 2.10. The Bertz CT molecular complexity index is 937.